The van der Waals surface area contributed by atoms with Crippen LogP contribution in [0.15, 0.2) is 29.7 Å². The Labute approximate surface area is 180 Å². The minimum atomic E-state index is -0.437. The van der Waals surface area contributed by atoms with E-state index in [0.29, 0.717) is 22.0 Å². The molecule has 1 aliphatic carbocycles. The summed E-state index contributed by atoms with van der Waals surface area (Å²) < 4.78 is 1.76. The second-order valence-corrected chi connectivity index (χ2v) is 8.95. The van der Waals surface area contributed by atoms with E-state index in [0.717, 1.165) is 24.1 Å². The highest BCUT2D eigenvalue weighted by molar-refractivity contribution is 7.99. The maximum absolute atomic E-state index is 12.2. The molecule has 3 amide bonds. The summed E-state index contributed by atoms with van der Waals surface area (Å²) >= 11 is 7.41. The van der Waals surface area contributed by atoms with Crippen LogP contribution >= 0.6 is 23.4 Å². The molecule has 1 fully saturated rings. The van der Waals surface area contributed by atoms with Gasteiger partial charge in [-0.15, -0.1) is 10.2 Å². The highest BCUT2D eigenvalue weighted by Gasteiger charge is 2.28. The van der Waals surface area contributed by atoms with Crippen LogP contribution in [-0.4, -0.2) is 38.5 Å². The first-order valence-corrected chi connectivity index (χ1v) is 11.1. The van der Waals surface area contributed by atoms with Crippen molar-refractivity contribution in [1.82, 2.24) is 25.4 Å². The lowest BCUT2D eigenvalue weighted by Gasteiger charge is -2.34. The van der Waals surface area contributed by atoms with Gasteiger partial charge in [0, 0.05) is 11.1 Å². The fourth-order valence-corrected chi connectivity index (χ4v) is 4.42. The first-order chi connectivity index (χ1) is 13.8. The molecule has 1 aromatic carbocycles. The van der Waals surface area contributed by atoms with Crippen molar-refractivity contribution < 1.29 is 9.59 Å². The number of nitrogens with one attached hydrogen (secondary N) is 2. The van der Waals surface area contributed by atoms with Crippen molar-refractivity contribution in [3.05, 3.63) is 35.1 Å². The van der Waals surface area contributed by atoms with Crippen molar-refractivity contribution in [2.75, 3.05) is 5.75 Å². The molecule has 2 aromatic rings. The molecule has 7 nitrogen and oxygen atoms in total. The van der Waals surface area contributed by atoms with E-state index in [1.165, 1.54) is 18.2 Å². The summed E-state index contributed by atoms with van der Waals surface area (Å²) in [4.78, 5) is 24.4. The van der Waals surface area contributed by atoms with E-state index in [9.17, 15) is 9.59 Å². The SMILES string of the molecule is Cc1ccc(-n2cnnc2SCC(=O)NC(=O)N[C@@H]2CCC[C@H](C)[C@H]2C)cc1Cl. The minimum absolute atomic E-state index is 0.0579. The Morgan fingerprint density at radius 3 is 2.86 bits per heavy atom. The van der Waals surface area contributed by atoms with Crippen LogP contribution in [0.2, 0.25) is 5.02 Å². The van der Waals surface area contributed by atoms with Crippen molar-refractivity contribution in [2.24, 2.45) is 11.8 Å². The summed E-state index contributed by atoms with van der Waals surface area (Å²) in [6, 6.07) is 5.32. The molecule has 1 heterocycles. The lowest BCUT2D eigenvalue weighted by atomic mass is 9.78. The average molecular weight is 436 g/mol. The van der Waals surface area contributed by atoms with Crippen LogP contribution in [0.4, 0.5) is 4.79 Å². The summed E-state index contributed by atoms with van der Waals surface area (Å²) in [5.74, 6) is 0.656. The molecule has 1 saturated carbocycles. The zero-order valence-electron chi connectivity index (χ0n) is 16.8. The molecule has 156 valence electrons. The molecule has 2 N–H and O–H groups in total. The summed E-state index contributed by atoms with van der Waals surface area (Å²) in [6.45, 7) is 6.28. The zero-order chi connectivity index (χ0) is 21.0. The number of halogens is 1. The Kier molecular flexibility index (Phi) is 7.18. The van der Waals surface area contributed by atoms with Crippen molar-refractivity contribution in [3.63, 3.8) is 0 Å². The molecule has 0 spiro atoms. The number of carbonyl (C=O) groups is 2. The fourth-order valence-electron chi connectivity index (χ4n) is 3.51. The highest BCUT2D eigenvalue weighted by Crippen LogP contribution is 2.29. The van der Waals surface area contributed by atoms with Crippen molar-refractivity contribution in [1.29, 1.82) is 0 Å². The monoisotopic (exact) mass is 435 g/mol. The van der Waals surface area contributed by atoms with E-state index in [1.54, 1.807) is 10.9 Å². The highest BCUT2D eigenvalue weighted by atomic mass is 35.5. The molecule has 1 aromatic heterocycles. The number of carbonyl (C=O) groups excluding carboxylic acids is 2. The summed E-state index contributed by atoms with van der Waals surface area (Å²) in [7, 11) is 0. The van der Waals surface area contributed by atoms with Crippen LogP contribution in [0, 0.1) is 18.8 Å². The zero-order valence-corrected chi connectivity index (χ0v) is 18.4. The number of amides is 3. The Hall–Kier alpha value is -2.06. The minimum Gasteiger partial charge on any atom is -0.335 e. The van der Waals surface area contributed by atoms with Gasteiger partial charge in [0.25, 0.3) is 0 Å². The first-order valence-electron chi connectivity index (χ1n) is 9.75. The number of imide groups is 1. The molecular weight excluding hydrogens is 410 g/mol. The third-order valence-corrected chi connectivity index (χ3v) is 6.91. The van der Waals surface area contributed by atoms with Gasteiger partial charge in [0.15, 0.2) is 5.16 Å². The fraction of sp³-hybridized carbons (Fsp3) is 0.500. The van der Waals surface area contributed by atoms with Crippen LogP contribution < -0.4 is 10.6 Å². The molecule has 0 radical (unpaired) electrons. The van der Waals surface area contributed by atoms with E-state index in [2.05, 4.69) is 34.7 Å². The largest absolute Gasteiger partial charge is 0.335 e. The van der Waals surface area contributed by atoms with Gasteiger partial charge in [0.1, 0.15) is 6.33 Å². The van der Waals surface area contributed by atoms with E-state index in [-0.39, 0.29) is 17.7 Å². The van der Waals surface area contributed by atoms with Gasteiger partial charge in [-0.2, -0.15) is 0 Å². The van der Waals surface area contributed by atoms with Crippen molar-refractivity contribution in [2.45, 2.75) is 51.2 Å². The average Bonchev–Trinajstić information content (AvgIpc) is 3.14. The standard InChI is InChI=1S/C20H26ClN5O2S/c1-12-5-4-6-17(14(12)3)23-19(28)24-18(27)10-29-20-25-22-11-26(20)15-8-7-13(2)16(21)9-15/h7-9,11-12,14,17H,4-6,10H2,1-3H3,(H2,23,24,27,28)/t12-,14+,17+/m0/s1. The lowest BCUT2D eigenvalue weighted by Crippen LogP contribution is -2.49. The Morgan fingerprint density at radius 2 is 2.10 bits per heavy atom. The Morgan fingerprint density at radius 1 is 1.31 bits per heavy atom. The smallest absolute Gasteiger partial charge is 0.321 e. The number of hydrogen-bond donors (Lipinski definition) is 2. The molecule has 3 atom stereocenters. The molecule has 0 bridgehead atoms. The van der Waals surface area contributed by atoms with Gasteiger partial charge in [-0.1, -0.05) is 56.1 Å². The molecule has 0 saturated heterocycles. The third-order valence-electron chi connectivity index (χ3n) is 5.56. The molecule has 3 rings (SSSR count). The lowest BCUT2D eigenvalue weighted by molar-refractivity contribution is -0.117. The number of urea groups is 1. The van der Waals surface area contributed by atoms with Gasteiger partial charge in [-0.25, -0.2) is 4.79 Å². The van der Waals surface area contributed by atoms with Gasteiger partial charge in [-0.05, 0) is 42.9 Å². The molecule has 9 heteroatoms. The van der Waals surface area contributed by atoms with Gasteiger partial charge < -0.3 is 5.32 Å². The summed E-state index contributed by atoms with van der Waals surface area (Å²) in [5, 5.41) is 14.5. The third kappa shape index (κ3) is 5.51. The number of rotatable bonds is 5. The maximum atomic E-state index is 12.2. The Balaban J connectivity index is 1.53. The molecular formula is C20H26ClN5O2S. The molecule has 0 aliphatic heterocycles. The number of aromatic nitrogens is 3. The summed E-state index contributed by atoms with van der Waals surface area (Å²) in [6.07, 6.45) is 4.80. The second kappa shape index (κ2) is 9.63. The van der Waals surface area contributed by atoms with Gasteiger partial charge >= 0.3 is 6.03 Å². The van der Waals surface area contributed by atoms with Crippen LogP contribution in [0.25, 0.3) is 5.69 Å². The van der Waals surface area contributed by atoms with E-state index in [1.807, 2.05) is 25.1 Å². The second-order valence-electron chi connectivity index (χ2n) is 7.60. The summed E-state index contributed by atoms with van der Waals surface area (Å²) in [5.41, 5.74) is 1.79. The van der Waals surface area contributed by atoms with Crippen molar-refractivity contribution >= 4 is 35.3 Å². The predicted octanol–water partition coefficient (Wildman–Crippen LogP) is 3.97. The van der Waals surface area contributed by atoms with Crippen LogP contribution in [-0.2, 0) is 4.79 Å². The molecule has 1 aliphatic rings. The van der Waals surface area contributed by atoms with Gasteiger partial charge in [0.05, 0.1) is 11.4 Å². The molecule has 0 unspecified atom stereocenters. The van der Waals surface area contributed by atoms with Crippen LogP contribution in [0.3, 0.4) is 0 Å². The number of hydrogen-bond acceptors (Lipinski definition) is 5. The van der Waals surface area contributed by atoms with Crippen LogP contribution in [0.5, 0.6) is 0 Å². The van der Waals surface area contributed by atoms with Gasteiger partial charge in [-0.3, -0.25) is 14.7 Å². The van der Waals surface area contributed by atoms with E-state index >= 15 is 0 Å². The van der Waals surface area contributed by atoms with Crippen molar-refractivity contribution in [3.8, 4) is 5.69 Å². The first kappa shape index (κ1) is 21.6. The predicted molar refractivity (Wildman–Crippen MR) is 114 cm³/mol. The quantitative estimate of drug-likeness (QED) is 0.693. The van der Waals surface area contributed by atoms with E-state index < -0.39 is 6.03 Å². The number of benzene rings is 1. The number of nitrogens with zero attached hydrogens (tertiary/aromatic N) is 3. The maximum Gasteiger partial charge on any atom is 0.321 e. The Bertz CT molecular complexity index is 888. The van der Waals surface area contributed by atoms with Gasteiger partial charge in [0.2, 0.25) is 5.91 Å². The number of aryl methyl sites for hydroxylation is 1. The normalized spacial score (nSPS) is 21.6. The molecule has 29 heavy (non-hydrogen) atoms. The van der Waals surface area contributed by atoms with Crippen LogP contribution in [0.1, 0.15) is 38.7 Å². The number of thioether (sulfide) groups is 1. The van der Waals surface area contributed by atoms with E-state index in [4.69, 9.17) is 11.6 Å². The topological polar surface area (TPSA) is 88.9 Å².